The number of carbonyl (C=O) groups is 1. The highest BCUT2D eigenvalue weighted by Gasteiger charge is 2.20. The van der Waals surface area contributed by atoms with E-state index in [-0.39, 0.29) is 5.91 Å². The van der Waals surface area contributed by atoms with Crippen LogP contribution in [0.25, 0.3) is 0 Å². The first kappa shape index (κ1) is 18.6. The Balaban J connectivity index is 1.95. The van der Waals surface area contributed by atoms with Gasteiger partial charge < -0.3 is 9.80 Å². The lowest BCUT2D eigenvalue weighted by molar-refractivity contribution is 0.0980. The van der Waals surface area contributed by atoms with Crippen molar-refractivity contribution >= 4 is 17.5 Å². The average Bonchev–Trinajstić information content (AvgIpc) is 2.74. The normalized spacial score (nSPS) is 10.4. The Morgan fingerprint density at radius 3 is 2.15 bits per heavy atom. The Bertz CT molecular complexity index is 864. The molecule has 0 aliphatic heterocycles. The maximum absolute atomic E-state index is 13.3. The zero-order chi connectivity index (χ0) is 19.1. The zero-order valence-electron chi connectivity index (χ0n) is 15.7. The fraction of sp³-hybridized carbons (Fsp3) is 0.227. The Hall–Kier alpha value is -3.21. The van der Waals surface area contributed by atoms with Crippen LogP contribution in [-0.2, 0) is 6.54 Å². The number of nitrogens with zero attached hydrogens (tertiary/aromatic N) is 4. The molecule has 0 unspecified atom stereocenters. The molecule has 2 aromatic carbocycles. The van der Waals surface area contributed by atoms with Crippen LogP contribution in [-0.4, -0.2) is 29.0 Å². The molecule has 3 rings (SSSR count). The summed E-state index contributed by atoms with van der Waals surface area (Å²) < 4.78 is 0. The molecule has 138 valence electrons. The first-order chi connectivity index (χ1) is 13.2. The Kier molecular flexibility index (Phi) is 6.15. The molecule has 27 heavy (non-hydrogen) atoms. The third-order valence-electron chi connectivity index (χ3n) is 4.40. The monoisotopic (exact) mass is 360 g/mol. The van der Waals surface area contributed by atoms with Crippen molar-refractivity contribution in [1.82, 2.24) is 9.97 Å². The summed E-state index contributed by atoms with van der Waals surface area (Å²) in [6.07, 6.45) is 1.65. The highest BCUT2D eigenvalue weighted by Crippen LogP contribution is 2.20. The summed E-state index contributed by atoms with van der Waals surface area (Å²) in [4.78, 5) is 26.0. The summed E-state index contributed by atoms with van der Waals surface area (Å²) in [5.41, 5.74) is 2.30. The second kappa shape index (κ2) is 8.94. The minimum absolute atomic E-state index is 0.138. The van der Waals surface area contributed by atoms with E-state index in [9.17, 15) is 4.79 Å². The Morgan fingerprint density at radius 1 is 0.889 bits per heavy atom. The number of para-hydroxylation sites is 1. The Morgan fingerprint density at radius 2 is 1.52 bits per heavy atom. The van der Waals surface area contributed by atoms with Crippen molar-refractivity contribution in [3.8, 4) is 0 Å². The van der Waals surface area contributed by atoms with Crippen LogP contribution in [0, 0.1) is 0 Å². The molecule has 5 heteroatoms. The smallest absolute Gasteiger partial charge is 0.277 e. The van der Waals surface area contributed by atoms with E-state index in [1.807, 2.05) is 79.4 Å². The highest BCUT2D eigenvalue weighted by molar-refractivity contribution is 6.04. The van der Waals surface area contributed by atoms with Gasteiger partial charge in [0.2, 0.25) is 5.95 Å². The molecule has 1 amide bonds. The standard InChI is InChI=1S/C22H24N4O/c1-3-25(4-2)22-23-16-15-20(24-22)21(27)26(19-13-9-6-10-14-19)17-18-11-7-5-8-12-18/h5-16H,3-4,17H2,1-2H3. The van der Waals surface area contributed by atoms with Crippen LogP contribution in [0.2, 0.25) is 0 Å². The van der Waals surface area contributed by atoms with Crippen LogP contribution in [0.4, 0.5) is 11.6 Å². The number of amides is 1. The lowest BCUT2D eigenvalue weighted by Gasteiger charge is -2.24. The van der Waals surface area contributed by atoms with Gasteiger partial charge in [0.25, 0.3) is 5.91 Å². The largest absolute Gasteiger partial charge is 0.341 e. The quantitative estimate of drug-likeness (QED) is 0.634. The number of hydrogen-bond acceptors (Lipinski definition) is 4. The van der Waals surface area contributed by atoms with E-state index >= 15 is 0 Å². The molecule has 3 aromatic rings. The van der Waals surface area contributed by atoms with Gasteiger partial charge in [0.05, 0.1) is 6.54 Å². The van der Waals surface area contributed by atoms with Gasteiger partial charge in [-0.05, 0) is 37.6 Å². The van der Waals surface area contributed by atoms with Gasteiger partial charge in [-0.1, -0.05) is 48.5 Å². The van der Waals surface area contributed by atoms with E-state index in [4.69, 9.17) is 0 Å². The van der Waals surface area contributed by atoms with Gasteiger partial charge in [-0.15, -0.1) is 0 Å². The van der Waals surface area contributed by atoms with E-state index in [0.717, 1.165) is 24.3 Å². The van der Waals surface area contributed by atoms with Crippen molar-refractivity contribution in [2.24, 2.45) is 0 Å². The SMILES string of the molecule is CCN(CC)c1nccc(C(=O)N(Cc2ccccc2)c2ccccc2)n1. The van der Waals surface area contributed by atoms with Gasteiger partial charge >= 0.3 is 0 Å². The van der Waals surface area contributed by atoms with Crippen molar-refractivity contribution in [1.29, 1.82) is 0 Å². The van der Waals surface area contributed by atoms with Crippen molar-refractivity contribution < 1.29 is 4.79 Å². The molecule has 0 aliphatic rings. The van der Waals surface area contributed by atoms with E-state index in [2.05, 4.69) is 9.97 Å². The molecule has 0 fully saturated rings. The average molecular weight is 360 g/mol. The molecule has 1 aromatic heterocycles. The molecule has 5 nitrogen and oxygen atoms in total. The molecule has 0 radical (unpaired) electrons. The number of hydrogen-bond donors (Lipinski definition) is 0. The van der Waals surface area contributed by atoms with Crippen molar-refractivity contribution in [2.45, 2.75) is 20.4 Å². The first-order valence-electron chi connectivity index (χ1n) is 9.21. The number of benzene rings is 2. The summed E-state index contributed by atoms with van der Waals surface area (Å²) in [5.74, 6) is 0.444. The van der Waals surface area contributed by atoms with Crippen molar-refractivity contribution in [3.05, 3.63) is 84.2 Å². The van der Waals surface area contributed by atoms with Gasteiger partial charge in [0.1, 0.15) is 5.69 Å². The second-order valence-corrected chi connectivity index (χ2v) is 6.13. The predicted molar refractivity (Wildman–Crippen MR) is 109 cm³/mol. The number of anilines is 2. The minimum atomic E-state index is -0.138. The fourth-order valence-corrected chi connectivity index (χ4v) is 2.92. The molecular weight excluding hydrogens is 336 g/mol. The maximum atomic E-state index is 13.3. The van der Waals surface area contributed by atoms with Crippen LogP contribution in [0.1, 0.15) is 29.9 Å². The molecule has 0 N–H and O–H groups in total. The van der Waals surface area contributed by atoms with Gasteiger partial charge in [-0.3, -0.25) is 4.79 Å². The van der Waals surface area contributed by atoms with Crippen molar-refractivity contribution in [2.75, 3.05) is 22.9 Å². The number of aromatic nitrogens is 2. The zero-order valence-corrected chi connectivity index (χ0v) is 15.7. The van der Waals surface area contributed by atoms with E-state index < -0.39 is 0 Å². The molecule has 0 spiro atoms. The molecule has 0 saturated heterocycles. The van der Waals surface area contributed by atoms with Gasteiger partial charge in [-0.2, -0.15) is 0 Å². The van der Waals surface area contributed by atoms with Crippen LogP contribution in [0.15, 0.2) is 72.9 Å². The topological polar surface area (TPSA) is 49.3 Å². The Labute approximate surface area is 160 Å². The van der Waals surface area contributed by atoms with Crippen LogP contribution >= 0.6 is 0 Å². The molecule has 1 heterocycles. The summed E-state index contributed by atoms with van der Waals surface area (Å²) in [7, 11) is 0. The van der Waals surface area contributed by atoms with Crippen LogP contribution < -0.4 is 9.80 Å². The van der Waals surface area contributed by atoms with Gasteiger partial charge in [0, 0.05) is 25.0 Å². The lowest BCUT2D eigenvalue weighted by atomic mass is 10.2. The number of carbonyl (C=O) groups excluding carboxylic acids is 1. The predicted octanol–water partition coefficient (Wildman–Crippen LogP) is 4.17. The van der Waals surface area contributed by atoms with Crippen LogP contribution in [0.5, 0.6) is 0 Å². The van der Waals surface area contributed by atoms with E-state index in [1.165, 1.54) is 0 Å². The molecule has 0 atom stereocenters. The molecular formula is C22H24N4O. The van der Waals surface area contributed by atoms with E-state index in [0.29, 0.717) is 18.2 Å². The lowest BCUT2D eigenvalue weighted by Crippen LogP contribution is -2.32. The van der Waals surface area contributed by atoms with Crippen molar-refractivity contribution in [3.63, 3.8) is 0 Å². The molecule has 0 aliphatic carbocycles. The van der Waals surface area contributed by atoms with Crippen LogP contribution in [0.3, 0.4) is 0 Å². The highest BCUT2D eigenvalue weighted by atomic mass is 16.2. The number of rotatable bonds is 7. The van der Waals surface area contributed by atoms with E-state index in [1.54, 1.807) is 17.2 Å². The van der Waals surface area contributed by atoms with Gasteiger partial charge in [0.15, 0.2) is 0 Å². The summed E-state index contributed by atoms with van der Waals surface area (Å²) in [6.45, 7) is 6.16. The first-order valence-corrected chi connectivity index (χ1v) is 9.21. The minimum Gasteiger partial charge on any atom is -0.341 e. The molecule has 0 saturated carbocycles. The third-order valence-corrected chi connectivity index (χ3v) is 4.40. The van der Waals surface area contributed by atoms with Gasteiger partial charge in [-0.25, -0.2) is 9.97 Å². The second-order valence-electron chi connectivity index (χ2n) is 6.13. The third kappa shape index (κ3) is 4.50. The maximum Gasteiger partial charge on any atom is 0.277 e. The molecule has 0 bridgehead atoms. The summed E-state index contributed by atoms with van der Waals surface area (Å²) in [6, 6.07) is 21.3. The summed E-state index contributed by atoms with van der Waals surface area (Å²) in [5, 5.41) is 0. The fourth-order valence-electron chi connectivity index (χ4n) is 2.92. The summed E-state index contributed by atoms with van der Waals surface area (Å²) >= 11 is 0.